The monoisotopic (exact) mass is 327 g/mol. The Balaban J connectivity index is 1.72. The maximum Gasteiger partial charge on any atom is 0.244 e. The number of likely N-dealkylation sites (N-methyl/N-ethyl adjacent to an activating group) is 1. The van der Waals surface area contributed by atoms with E-state index in [1.54, 1.807) is 6.33 Å². The van der Waals surface area contributed by atoms with Gasteiger partial charge in [-0.15, -0.1) is 0 Å². The number of benzene rings is 1. The van der Waals surface area contributed by atoms with Gasteiger partial charge in [0.05, 0.1) is 0 Å². The van der Waals surface area contributed by atoms with Crippen molar-refractivity contribution >= 4 is 5.91 Å². The fourth-order valence-corrected chi connectivity index (χ4v) is 3.48. The molecule has 0 saturated carbocycles. The van der Waals surface area contributed by atoms with Crippen molar-refractivity contribution in [2.75, 3.05) is 27.2 Å². The summed E-state index contributed by atoms with van der Waals surface area (Å²) in [5, 5.41) is 6.88. The van der Waals surface area contributed by atoms with Crippen molar-refractivity contribution in [3.63, 3.8) is 0 Å². The van der Waals surface area contributed by atoms with Crippen molar-refractivity contribution in [1.29, 1.82) is 0 Å². The maximum absolute atomic E-state index is 13.1. The minimum Gasteiger partial charge on any atom is -0.341 e. The zero-order chi connectivity index (χ0) is 17.1. The second-order valence-corrected chi connectivity index (χ2v) is 6.69. The Kier molecular flexibility index (Phi) is 4.94. The lowest BCUT2D eigenvalue weighted by molar-refractivity contribution is -0.137. The third-order valence-corrected chi connectivity index (χ3v) is 4.86. The Morgan fingerprint density at radius 2 is 2.00 bits per heavy atom. The van der Waals surface area contributed by atoms with Gasteiger partial charge in [0.1, 0.15) is 18.2 Å². The number of aryl methyl sites for hydroxylation is 1. The molecule has 6 nitrogen and oxygen atoms in total. The summed E-state index contributed by atoms with van der Waals surface area (Å²) in [6.07, 6.45) is 3.40. The number of rotatable bonds is 4. The average Bonchev–Trinajstić information content (AvgIpc) is 3.11. The van der Waals surface area contributed by atoms with E-state index in [4.69, 9.17) is 0 Å². The molecule has 128 valence electrons. The molecule has 6 heteroatoms. The Morgan fingerprint density at radius 1 is 1.29 bits per heavy atom. The van der Waals surface area contributed by atoms with Crippen LogP contribution in [0, 0.1) is 6.92 Å². The molecule has 1 saturated heterocycles. The lowest BCUT2D eigenvalue weighted by atomic mass is 9.94. The molecule has 1 aliphatic rings. The van der Waals surface area contributed by atoms with Crippen LogP contribution < -0.4 is 0 Å². The van der Waals surface area contributed by atoms with Gasteiger partial charge in [-0.3, -0.25) is 14.8 Å². The van der Waals surface area contributed by atoms with Crippen LogP contribution in [0.3, 0.4) is 0 Å². The second kappa shape index (κ2) is 7.13. The summed E-state index contributed by atoms with van der Waals surface area (Å²) in [7, 11) is 3.94. The summed E-state index contributed by atoms with van der Waals surface area (Å²) >= 11 is 0. The molecule has 3 rings (SSSR count). The fraction of sp³-hybridized carbons (Fsp3) is 0.500. The summed E-state index contributed by atoms with van der Waals surface area (Å²) in [4.78, 5) is 21.4. The highest BCUT2D eigenvalue weighted by Gasteiger charge is 2.32. The van der Waals surface area contributed by atoms with Gasteiger partial charge in [-0.25, -0.2) is 4.98 Å². The zero-order valence-corrected chi connectivity index (χ0v) is 14.6. The van der Waals surface area contributed by atoms with E-state index in [2.05, 4.69) is 34.2 Å². The number of carbonyl (C=O) groups excluding carboxylic acids is 1. The topological polar surface area (TPSA) is 65.1 Å². The van der Waals surface area contributed by atoms with Crippen LogP contribution in [0.1, 0.15) is 41.8 Å². The second-order valence-electron chi connectivity index (χ2n) is 6.69. The molecule has 2 aromatic rings. The number of amides is 1. The van der Waals surface area contributed by atoms with Crippen LogP contribution >= 0.6 is 0 Å². The Labute approximate surface area is 142 Å². The molecule has 0 spiro atoms. The average molecular weight is 327 g/mol. The minimum absolute atomic E-state index is 0.185. The molecular weight excluding hydrogens is 302 g/mol. The number of nitrogens with zero attached hydrogens (tertiary/aromatic N) is 4. The highest BCUT2D eigenvalue weighted by Crippen LogP contribution is 2.29. The Hall–Kier alpha value is -2.21. The smallest absolute Gasteiger partial charge is 0.244 e. The number of aromatic nitrogens is 3. The van der Waals surface area contributed by atoms with Gasteiger partial charge < -0.3 is 4.90 Å². The minimum atomic E-state index is -0.229. The summed E-state index contributed by atoms with van der Waals surface area (Å²) in [6.45, 7) is 3.59. The van der Waals surface area contributed by atoms with Crippen molar-refractivity contribution in [2.45, 2.75) is 31.7 Å². The van der Waals surface area contributed by atoms with Gasteiger partial charge in [0.25, 0.3) is 0 Å². The molecule has 0 bridgehead atoms. The first-order valence-corrected chi connectivity index (χ1v) is 8.44. The quantitative estimate of drug-likeness (QED) is 0.934. The third kappa shape index (κ3) is 3.33. The molecule has 2 heterocycles. The molecule has 1 aromatic heterocycles. The zero-order valence-electron chi connectivity index (χ0n) is 14.6. The van der Waals surface area contributed by atoms with Crippen molar-refractivity contribution < 1.29 is 4.79 Å². The Bertz CT molecular complexity index is 674. The van der Waals surface area contributed by atoms with E-state index in [0.29, 0.717) is 5.92 Å². The number of carbonyl (C=O) groups is 1. The first-order valence-electron chi connectivity index (χ1n) is 8.44. The number of piperidine rings is 1. The van der Waals surface area contributed by atoms with Crippen LogP contribution in [0.5, 0.6) is 0 Å². The largest absolute Gasteiger partial charge is 0.341 e. The lowest BCUT2D eigenvalue weighted by Crippen LogP contribution is -2.44. The SMILES string of the molecule is Cc1ccccc1C(C(=O)N1CCC(c2ncn[nH]2)CC1)N(C)C. The van der Waals surface area contributed by atoms with Gasteiger partial charge in [-0.05, 0) is 45.0 Å². The van der Waals surface area contributed by atoms with Crippen LogP contribution in [-0.4, -0.2) is 58.1 Å². The first-order chi connectivity index (χ1) is 11.6. The summed E-state index contributed by atoms with van der Waals surface area (Å²) in [5.74, 6) is 1.49. The predicted molar refractivity (Wildman–Crippen MR) is 92.5 cm³/mol. The van der Waals surface area contributed by atoms with Gasteiger partial charge in [0, 0.05) is 19.0 Å². The summed E-state index contributed by atoms with van der Waals surface area (Å²) in [6, 6.07) is 7.91. The van der Waals surface area contributed by atoms with Crippen molar-refractivity contribution in [1.82, 2.24) is 25.0 Å². The van der Waals surface area contributed by atoms with E-state index < -0.39 is 0 Å². The number of hydrogen-bond acceptors (Lipinski definition) is 4. The molecule has 0 radical (unpaired) electrons. The van der Waals surface area contributed by atoms with Gasteiger partial charge >= 0.3 is 0 Å². The predicted octanol–water partition coefficient (Wildman–Crippen LogP) is 2.12. The van der Waals surface area contributed by atoms with Crippen LogP contribution in [-0.2, 0) is 4.79 Å². The van der Waals surface area contributed by atoms with Crippen LogP contribution in [0.25, 0.3) is 0 Å². The maximum atomic E-state index is 13.1. The molecule has 1 N–H and O–H groups in total. The third-order valence-electron chi connectivity index (χ3n) is 4.86. The molecule has 1 fully saturated rings. The van der Waals surface area contributed by atoms with Crippen LogP contribution in [0.4, 0.5) is 0 Å². The Morgan fingerprint density at radius 3 is 2.58 bits per heavy atom. The molecule has 1 amide bonds. The van der Waals surface area contributed by atoms with Gasteiger partial charge in [0.15, 0.2) is 0 Å². The molecule has 1 unspecified atom stereocenters. The van der Waals surface area contributed by atoms with Crippen molar-refractivity contribution in [3.8, 4) is 0 Å². The molecular formula is C18H25N5O. The molecule has 24 heavy (non-hydrogen) atoms. The summed E-state index contributed by atoms with van der Waals surface area (Å²) < 4.78 is 0. The molecule has 1 aliphatic heterocycles. The normalized spacial score (nSPS) is 17.2. The van der Waals surface area contributed by atoms with Gasteiger partial charge in [-0.1, -0.05) is 24.3 Å². The standard InChI is InChI=1S/C18H25N5O/c1-13-6-4-5-7-15(13)16(22(2)3)18(24)23-10-8-14(9-11-23)17-19-12-20-21-17/h4-7,12,14,16H,8-11H2,1-3H3,(H,19,20,21). The lowest BCUT2D eigenvalue weighted by Gasteiger charge is -2.36. The fourth-order valence-electron chi connectivity index (χ4n) is 3.48. The van der Waals surface area contributed by atoms with E-state index in [1.165, 1.54) is 0 Å². The molecule has 1 atom stereocenters. The van der Waals surface area contributed by atoms with E-state index >= 15 is 0 Å². The highest BCUT2D eigenvalue weighted by atomic mass is 16.2. The van der Waals surface area contributed by atoms with Gasteiger partial charge in [0.2, 0.25) is 5.91 Å². The number of H-pyrrole nitrogens is 1. The van der Waals surface area contributed by atoms with E-state index in [9.17, 15) is 4.79 Å². The van der Waals surface area contributed by atoms with E-state index in [-0.39, 0.29) is 11.9 Å². The van der Waals surface area contributed by atoms with Crippen LogP contribution in [0.15, 0.2) is 30.6 Å². The number of nitrogens with one attached hydrogen (secondary N) is 1. The number of aromatic amines is 1. The molecule has 1 aromatic carbocycles. The number of likely N-dealkylation sites (tertiary alicyclic amines) is 1. The van der Waals surface area contributed by atoms with E-state index in [0.717, 1.165) is 42.9 Å². The number of hydrogen-bond donors (Lipinski definition) is 1. The van der Waals surface area contributed by atoms with Crippen LogP contribution in [0.2, 0.25) is 0 Å². The van der Waals surface area contributed by atoms with Crippen molar-refractivity contribution in [2.24, 2.45) is 0 Å². The van der Waals surface area contributed by atoms with E-state index in [1.807, 2.05) is 36.0 Å². The van der Waals surface area contributed by atoms with Crippen molar-refractivity contribution in [3.05, 3.63) is 47.5 Å². The van der Waals surface area contributed by atoms with Gasteiger partial charge in [-0.2, -0.15) is 5.10 Å². The molecule has 0 aliphatic carbocycles. The highest BCUT2D eigenvalue weighted by molar-refractivity contribution is 5.83. The first kappa shape index (κ1) is 16.6. The summed E-state index contributed by atoms with van der Waals surface area (Å²) in [5.41, 5.74) is 2.24.